The van der Waals surface area contributed by atoms with Crippen molar-refractivity contribution in [2.45, 2.75) is 114 Å². The molecule has 0 spiro atoms. The Morgan fingerprint density at radius 1 is 0.520 bits per heavy atom. The molecule has 3 unspecified atom stereocenters. The predicted octanol–water partition coefficient (Wildman–Crippen LogP) is 10.0. The molecule has 2 aromatic heterocycles. The van der Waals surface area contributed by atoms with Gasteiger partial charge < -0.3 is 62.9 Å². The van der Waals surface area contributed by atoms with E-state index in [4.69, 9.17) is 28.4 Å². The standard InChI is InChI=1S/C75H84F4N14O9/c1-50(2)92-61(38-90(71(92)94)59-13-9-55(10-14-59)84-27-31-86(32-28-84)57-17-21-62(22-18-57)97-40-69-99-44-73(101-69,42-88-48-80-46-82-88)64-25-7-53(76)35-66(64)78)37-75(96,52-5-6-52)68-39-91(72(95)93(68)51(3)4)60-15-11-56(12-16-60)85-29-33-87(34-30-85)58-19-23-63(24-20-58)98-41-70-100-45-74(102-70,43-89-49-81-47-83-89)65-26-8-54(77)36-67(65)79/h7-26,35-36,46-52,61,68-70,96H,5-6,27-34,37-45H2,1-4H3/t61?,68?,69-,70-,73+,74+,75?/m0/s1. The number of urea groups is 2. The molecule has 4 amide bonds. The zero-order chi connectivity index (χ0) is 70.4. The maximum Gasteiger partial charge on any atom is 0.325 e. The van der Waals surface area contributed by atoms with Crippen molar-refractivity contribution in [3.05, 3.63) is 193 Å². The zero-order valence-corrected chi connectivity index (χ0v) is 57.5. The molecule has 0 radical (unpaired) electrons. The van der Waals surface area contributed by atoms with Crippen molar-refractivity contribution in [2.75, 3.05) is 121 Å². The van der Waals surface area contributed by atoms with Crippen molar-refractivity contribution in [1.82, 2.24) is 39.3 Å². The molecule has 8 aromatic rings. The lowest BCUT2D eigenvalue weighted by molar-refractivity contribution is -0.117. The highest BCUT2D eigenvalue weighted by molar-refractivity contribution is 5.96. The van der Waals surface area contributed by atoms with Gasteiger partial charge in [-0.3, -0.25) is 9.80 Å². The Balaban J connectivity index is 0.528. The van der Waals surface area contributed by atoms with Crippen molar-refractivity contribution in [3.63, 3.8) is 0 Å². The van der Waals surface area contributed by atoms with Gasteiger partial charge in [0.2, 0.25) is 0 Å². The molecule has 15 rings (SSSR count). The third-order valence-electron chi connectivity index (χ3n) is 21.0. The summed E-state index contributed by atoms with van der Waals surface area (Å²) in [5.41, 5.74) is 2.27. The number of carbonyl (C=O) groups excluding carboxylic acids is 2. The smallest absolute Gasteiger partial charge is 0.325 e. The number of halogens is 4. The van der Waals surface area contributed by atoms with Crippen LogP contribution in [0.25, 0.3) is 0 Å². The first-order chi connectivity index (χ1) is 49.4. The maximum absolute atomic E-state index is 15.2. The van der Waals surface area contributed by atoms with Gasteiger partial charge in [-0.1, -0.05) is 12.1 Å². The first kappa shape index (κ1) is 68.2. The van der Waals surface area contributed by atoms with Crippen molar-refractivity contribution >= 4 is 46.2 Å². The number of ether oxygens (including phenoxy) is 6. The van der Waals surface area contributed by atoms with Crippen LogP contribution >= 0.6 is 0 Å². The molecule has 7 aliphatic rings. The highest BCUT2D eigenvalue weighted by Gasteiger charge is 2.59. The summed E-state index contributed by atoms with van der Waals surface area (Å²) in [6, 6.07) is 37.5. The van der Waals surface area contributed by atoms with E-state index in [0.29, 0.717) is 31.0 Å². The maximum atomic E-state index is 15.2. The molecule has 0 bridgehead atoms. The van der Waals surface area contributed by atoms with Gasteiger partial charge in [-0.05, 0) is 156 Å². The van der Waals surface area contributed by atoms with E-state index in [1.54, 1.807) is 0 Å². The van der Waals surface area contributed by atoms with Crippen LogP contribution in [0.15, 0.2) is 159 Å². The molecule has 8 heterocycles. The fraction of sp³-hybridized carbons (Fsp3) is 0.440. The summed E-state index contributed by atoms with van der Waals surface area (Å²) in [6.45, 7) is 15.3. The summed E-state index contributed by atoms with van der Waals surface area (Å²) in [4.78, 5) is 54.1. The summed E-state index contributed by atoms with van der Waals surface area (Å²) in [5, 5.41) is 21.6. The second kappa shape index (κ2) is 28.4. The topological polar surface area (TPSA) is 197 Å². The number of piperazine rings is 2. The molecule has 6 aromatic carbocycles. The van der Waals surface area contributed by atoms with E-state index in [9.17, 15) is 23.5 Å². The summed E-state index contributed by atoms with van der Waals surface area (Å²) >= 11 is 0. The van der Waals surface area contributed by atoms with E-state index in [1.165, 1.54) is 58.9 Å². The summed E-state index contributed by atoms with van der Waals surface area (Å²) < 4.78 is 98.0. The monoisotopic (exact) mass is 1400 g/mol. The van der Waals surface area contributed by atoms with Gasteiger partial charge in [-0.2, -0.15) is 10.2 Å². The molecule has 102 heavy (non-hydrogen) atoms. The normalized spacial score (nSPS) is 24.0. The van der Waals surface area contributed by atoms with E-state index >= 15 is 8.78 Å². The van der Waals surface area contributed by atoms with E-state index in [2.05, 4.69) is 64.0 Å². The molecule has 1 N–H and O–H groups in total. The highest BCUT2D eigenvalue weighted by Crippen LogP contribution is 2.50. The number of amides is 4. The van der Waals surface area contributed by atoms with Crippen molar-refractivity contribution in [2.24, 2.45) is 5.92 Å². The number of nitrogens with zero attached hydrogens (tertiary/aromatic N) is 14. The molecule has 27 heteroatoms. The fourth-order valence-corrected chi connectivity index (χ4v) is 15.8. The average Bonchev–Trinajstić information content (AvgIpc) is 1.58. The van der Waals surface area contributed by atoms with Crippen LogP contribution in [0, 0.1) is 29.2 Å². The lowest BCUT2D eigenvalue weighted by Crippen LogP contribution is -2.58. The minimum atomic E-state index is -1.28. The van der Waals surface area contributed by atoms with Gasteiger partial charge in [0.15, 0.2) is 12.6 Å². The van der Waals surface area contributed by atoms with Crippen molar-refractivity contribution < 1.29 is 60.7 Å². The third kappa shape index (κ3) is 13.9. The van der Waals surface area contributed by atoms with Crippen LogP contribution in [0.4, 0.5) is 61.3 Å². The lowest BCUT2D eigenvalue weighted by Gasteiger charge is -2.43. The molecule has 6 aliphatic heterocycles. The van der Waals surface area contributed by atoms with Crippen LogP contribution in [-0.4, -0.2) is 191 Å². The Hall–Kier alpha value is -9.54. The van der Waals surface area contributed by atoms with Crippen molar-refractivity contribution in [1.29, 1.82) is 0 Å². The molecule has 7 atom stereocenters. The SMILES string of the molecule is CC(C)N1C(=O)N(c2ccc(N3CCN(c4ccc(OC[C@H]5OC[C@](Cn6cncn6)(c6ccc(F)cc6F)O5)cc4)CC3)cc2)CC1CC(O)(C1CC1)C1CN(c2ccc(N3CCN(c4ccc(OC[C@H]5OC[C@](Cn6cncn6)(c6ccc(F)cc6F)O5)cc4)CC3)cc2)C(=O)N1C(C)C. The highest BCUT2D eigenvalue weighted by atomic mass is 19.1. The molecule has 23 nitrogen and oxygen atoms in total. The van der Waals surface area contributed by atoms with E-state index < -0.39 is 58.7 Å². The zero-order valence-electron chi connectivity index (χ0n) is 57.5. The molecular formula is C75H84F4N14O9. The van der Waals surface area contributed by atoms with E-state index in [0.717, 1.165) is 111 Å². The van der Waals surface area contributed by atoms with Gasteiger partial charge in [-0.25, -0.2) is 46.5 Å². The Kier molecular flexibility index (Phi) is 19.0. The second-order valence-corrected chi connectivity index (χ2v) is 28.2. The Morgan fingerprint density at radius 3 is 1.27 bits per heavy atom. The van der Waals surface area contributed by atoms with Gasteiger partial charge in [0.25, 0.3) is 0 Å². The molecule has 1 aliphatic carbocycles. The second-order valence-electron chi connectivity index (χ2n) is 28.2. The number of carbonyl (C=O) groups is 2. The summed E-state index contributed by atoms with van der Waals surface area (Å²) in [7, 11) is 0. The molecular weight excluding hydrogens is 1320 g/mol. The van der Waals surface area contributed by atoms with Gasteiger partial charge in [0.1, 0.15) is 84.5 Å². The lowest BCUT2D eigenvalue weighted by atomic mass is 9.81. The van der Waals surface area contributed by atoms with Crippen LogP contribution in [0.1, 0.15) is 58.1 Å². The van der Waals surface area contributed by atoms with Gasteiger partial charge in [0.05, 0.1) is 50.5 Å². The minimum Gasteiger partial charge on any atom is -0.488 e. The number of rotatable bonds is 24. The average molecular weight is 1400 g/mol. The molecule has 6 saturated heterocycles. The summed E-state index contributed by atoms with van der Waals surface area (Å²) in [5.74, 6) is -1.66. The Bertz CT molecular complexity index is 4210. The van der Waals surface area contributed by atoms with Crippen LogP contribution in [-0.2, 0) is 43.2 Å². The van der Waals surface area contributed by atoms with Crippen LogP contribution in [0.3, 0.4) is 0 Å². The van der Waals surface area contributed by atoms with Gasteiger partial charge in [-0.15, -0.1) is 0 Å². The first-order valence-electron chi connectivity index (χ1n) is 35.1. The quantitative estimate of drug-likeness (QED) is 0.0560. The van der Waals surface area contributed by atoms with Crippen LogP contribution < -0.4 is 38.9 Å². The molecule has 7 fully saturated rings. The number of aromatic nitrogens is 6. The van der Waals surface area contributed by atoms with E-state index in [-0.39, 0.29) is 86.7 Å². The van der Waals surface area contributed by atoms with Crippen LogP contribution in [0.5, 0.6) is 11.5 Å². The fourth-order valence-electron chi connectivity index (χ4n) is 15.8. The minimum absolute atomic E-state index is 0.00168. The first-order valence-corrected chi connectivity index (χ1v) is 35.1. The van der Waals surface area contributed by atoms with Gasteiger partial charge >= 0.3 is 12.1 Å². The van der Waals surface area contributed by atoms with Gasteiger partial charge in [0, 0.05) is 135 Å². The molecule has 1 saturated carbocycles. The summed E-state index contributed by atoms with van der Waals surface area (Å²) in [6.07, 6.45) is 6.12. The Labute approximate surface area is 589 Å². The third-order valence-corrected chi connectivity index (χ3v) is 21.0. The number of hydrogen-bond acceptors (Lipinski definition) is 17. The largest absolute Gasteiger partial charge is 0.488 e. The predicted molar refractivity (Wildman–Crippen MR) is 373 cm³/mol. The Morgan fingerprint density at radius 2 is 0.902 bits per heavy atom. The number of aliphatic hydroxyl groups is 1. The number of benzene rings is 6. The molecule has 536 valence electrons. The van der Waals surface area contributed by atoms with Crippen molar-refractivity contribution in [3.8, 4) is 11.5 Å². The van der Waals surface area contributed by atoms with Crippen LogP contribution in [0.2, 0.25) is 0 Å². The number of hydrogen-bond donors (Lipinski definition) is 1. The van der Waals surface area contributed by atoms with E-state index in [1.807, 2.05) is 120 Å². The number of anilines is 6.